The van der Waals surface area contributed by atoms with E-state index in [1.807, 2.05) is 83.9 Å². The highest BCUT2D eigenvalue weighted by molar-refractivity contribution is 7.89. The van der Waals surface area contributed by atoms with Crippen LogP contribution in [0.4, 0.5) is 0 Å². The maximum Gasteiger partial charge on any atom is 0.311 e. The fourth-order valence-electron chi connectivity index (χ4n) is 10.2. The molecule has 4 aliphatic rings. The zero-order valence-electron chi connectivity index (χ0n) is 37.2. The van der Waals surface area contributed by atoms with Gasteiger partial charge in [-0.15, -0.1) is 0 Å². The van der Waals surface area contributed by atoms with Gasteiger partial charge in [-0.3, -0.25) is 14.4 Å². The van der Waals surface area contributed by atoms with E-state index in [-0.39, 0.29) is 48.9 Å². The van der Waals surface area contributed by atoms with Crippen molar-refractivity contribution in [2.24, 2.45) is 29.6 Å². The van der Waals surface area contributed by atoms with Gasteiger partial charge >= 0.3 is 11.9 Å². The van der Waals surface area contributed by atoms with Crippen molar-refractivity contribution in [3.63, 3.8) is 0 Å². The van der Waals surface area contributed by atoms with Crippen LogP contribution in [-0.4, -0.2) is 124 Å². The smallest absolute Gasteiger partial charge is 0.311 e. The molecule has 15 heteroatoms. The number of nitrogens with one attached hydrogen (secondary N) is 1. The Kier molecular flexibility index (Phi) is 14.6. The van der Waals surface area contributed by atoms with Gasteiger partial charge in [0.05, 0.1) is 60.4 Å². The van der Waals surface area contributed by atoms with Gasteiger partial charge in [-0.25, -0.2) is 13.1 Å². The van der Waals surface area contributed by atoms with E-state index >= 15 is 0 Å². The fraction of sp³-hybridized carbons (Fsp3) is 0.674. The average Bonchev–Trinajstić information content (AvgIpc) is 3.55. The largest absolute Gasteiger partial charge is 0.458 e. The van der Waals surface area contributed by atoms with E-state index in [1.54, 1.807) is 45.0 Å². The number of esters is 2. The van der Waals surface area contributed by atoms with Crippen molar-refractivity contribution in [2.75, 3.05) is 27.3 Å². The second-order valence-corrected chi connectivity index (χ2v) is 20.2. The molecule has 2 N–H and O–H groups in total. The lowest BCUT2D eigenvalue weighted by Gasteiger charge is -2.48. The molecule has 0 aliphatic carbocycles. The maximum atomic E-state index is 14.6. The number of nitrogens with zero attached hydrogens (tertiary/aromatic N) is 1. The first-order valence-corrected chi connectivity index (χ1v) is 23.2. The summed E-state index contributed by atoms with van der Waals surface area (Å²) >= 11 is 0. The lowest BCUT2D eigenvalue weighted by molar-refractivity contribution is -0.302. The van der Waals surface area contributed by atoms with Gasteiger partial charge < -0.3 is 38.4 Å². The molecule has 14 nitrogen and oxygen atoms in total. The molecule has 1 unspecified atom stereocenters. The molecule has 2 aromatic carbocycles. The molecular formula is C46H66N2O12S. The second-order valence-electron chi connectivity index (χ2n) is 18.5. The molecule has 2 bridgehead atoms. The topological polar surface area (TPSA) is 176 Å². The molecular weight excluding hydrogens is 805 g/mol. The van der Waals surface area contributed by atoms with E-state index in [9.17, 15) is 27.9 Å². The van der Waals surface area contributed by atoms with Crippen molar-refractivity contribution >= 4 is 27.7 Å². The van der Waals surface area contributed by atoms with Gasteiger partial charge in [-0.05, 0) is 84.3 Å². The minimum absolute atomic E-state index is 0.0130. The highest BCUT2D eigenvalue weighted by atomic mass is 32.2. The Morgan fingerprint density at radius 3 is 2.21 bits per heavy atom. The summed E-state index contributed by atoms with van der Waals surface area (Å²) in [5, 5.41) is 11.7. The molecule has 4 fully saturated rings. The highest BCUT2D eigenvalue weighted by Crippen LogP contribution is 2.46. The fourth-order valence-corrected chi connectivity index (χ4v) is 11.5. The Labute approximate surface area is 361 Å². The molecule has 4 saturated heterocycles. The zero-order valence-corrected chi connectivity index (χ0v) is 38.1. The first kappa shape index (κ1) is 47.2. The third-order valence-corrected chi connectivity index (χ3v) is 15.2. The Balaban J connectivity index is 1.41. The number of benzene rings is 2. The van der Waals surface area contributed by atoms with Gasteiger partial charge in [0.2, 0.25) is 10.0 Å². The molecule has 0 radical (unpaired) electrons. The average molecular weight is 871 g/mol. The number of aliphatic hydroxyl groups excluding tert-OH is 1. The molecule has 15 atom stereocenters. The van der Waals surface area contributed by atoms with Crippen LogP contribution in [0.15, 0.2) is 59.5 Å². The highest BCUT2D eigenvalue weighted by Gasteiger charge is 2.57. The minimum atomic E-state index is -4.13. The number of rotatable bonds is 8. The summed E-state index contributed by atoms with van der Waals surface area (Å²) in [6.07, 6.45) is -4.33. The number of hydrogen-bond acceptors (Lipinski definition) is 13. The van der Waals surface area contributed by atoms with Crippen LogP contribution in [0.25, 0.3) is 11.1 Å². The summed E-state index contributed by atoms with van der Waals surface area (Å²) < 4.78 is 69.9. The van der Waals surface area contributed by atoms with Gasteiger partial charge in [0, 0.05) is 29.7 Å². The van der Waals surface area contributed by atoms with Crippen molar-refractivity contribution in [3.05, 3.63) is 54.6 Å². The third-order valence-electron chi connectivity index (χ3n) is 13.7. The Hall–Kier alpha value is -3.28. The van der Waals surface area contributed by atoms with Crippen LogP contribution >= 0.6 is 0 Å². The van der Waals surface area contributed by atoms with Crippen LogP contribution < -0.4 is 4.72 Å². The molecule has 338 valence electrons. The van der Waals surface area contributed by atoms with Gasteiger partial charge in [0.15, 0.2) is 6.29 Å². The number of sulfonamides is 1. The van der Waals surface area contributed by atoms with E-state index in [0.29, 0.717) is 12.8 Å². The molecule has 0 aromatic heterocycles. The van der Waals surface area contributed by atoms with Crippen molar-refractivity contribution < 1.29 is 56.3 Å². The molecule has 0 spiro atoms. The van der Waals surface area contributed by atoms with Crippen LogP contribution in [-0.2, 0) is 52.8 Å². The maximum absolute atomic E-state index is 14.6. The van der Waals surface area contributed by atoms with E-state index in [4.69, 9.17) is 28.4 Å². The summed E-state index contributed by atoms with van der Waals surface area (Å²) in [6.45, 7) is 14.0. The van der Waals surface area contributed by atoms with Gasteiger partial charge in [-0.2, -0.15) is 0 Å². The SMILES string of the molecule is CC[C@H]1OC(=O)[C@H](C)[C@H]2OCC(NS(=O)(=O)c3ccc(-c4ccccc4)cc3)CO[C@](C)(C[C@@H](C)C(=O)[C@H](C)[C@@H]3CC(=O)O[C@]13C)[C@H](O[C@@H]1O[C@H](C)C[C@H](N(C)C)[C@H]1O)[C@H]2C. The number of carbonyl (C=O) groups excluding carboxylic acids is 3. The summed E-state index contributed by atoms with van der Waals surface area (Å²) in [5.41, 5.74) is -0.822. The number of carbonyl (C=O) groups is 3. The molecule has 6 rings (SSSR count). The van der Waals surface area contributed by atoms with Crippen LogP contribution in [0, 0.1) is 29.6 Å². The third kappa shape index (κ3) is 9.94. The summed E-state index contributed by atoms with van der Waals surface area (Å²) in [6, 6.07) is 15.0. The van der Waals surface area contributed by atoms with Crippen molar-refractivity contribution in [1.82, 2.24) is 9.62 Å². The van der Waals surface area contributed by atoms with E-state index < -0.39 is 99.5 Å². The second kappa shape index (κ2) is 18.8. The quantitative estimate of drug-likeness (QED) is 0.334. The number of Topliss-reactive ketones (excluding diaryl/α,β-unsaturated/α-hetero) is 1. The number of cyclic esters (lactones) is 1. The van der Waals surface area contributed by atoms with Crippen molar-refractivity contribution in [3.8, 4) is 11.1 Å². The lowest BCUT2D eigenvalue weighted by atomic mass is 9.70. The Morgan fingerprint density at radius 2 is 1.57 bits per heavy atom. The monoisotopic (exact) mass is 870 g/mol. The van der Waals surface area contributed by atoms with Gasteiger partial charge in [0.1, 0.15) is 23.6 Å². The predicted molar refractivity (Wildman–Crippen MR) is 226 cm³/mol. The number of ether oxygens (including phenoxy) is 6. The minimum Gasteiger partial charge on any atom is -0.458 e. The molecule has 0 amide bonds. The first-order chi connectivity index (χ1) is 28.7. The van der Waals surface area contributed by atoms with Crippen molar-refractivity contribution in [1.29, 1.82) is 0 Å². The summed E-state index contributed by atoms with van der Waals surface area (Å²) in [5.74, 6) is -4.79. The van der Waals surface area contributed by atoms with E-state index in [1.165, 1.54) is 0 Å². The first-order valence-electron chi connectivity index (χ1n) is 21.7. The van der Waals surface area contributed by atoms with Crippen LogP contribution in [0.2, 0.25) is 0 Å². The number of hydrogen-bond donors (Lipinski definition) is 2. The van der Waals surface area contributed by atoms with Gasteiger partial charge in [-0.1, -0.05) is 70.2 Å². The number of ketones is 1. The van der Waals surface area contributed by atoms with Crippen LogP contribution in [0.1, 0.15) is 81.1 Å². The Morgan fingerprint density at radius 1 is 0.918 bits per heavy atom. The number of aliphatic hydroxyl groups is 1. The normalized spacial score (nSPS) is 39.3. The van der Waals surface area contributed by atoms with E-state index in [2.05, 4.69) is 4.72 Å². The molecule has 2 aromatic rings. The zero-order chi connectivity index (χ0) is 44.6. The number of likely N-dealkylation sites (N-methyl/N-ethyl adjacent to an activating group) is 1. The Bertz CT molecular complexity index is 1970. The molecule has 61 heavy (non-hydrogen) atoms. The standard InChI is InChI=1S/C46H66N2O12S/c1-11-37-46(8)35(22-38(49)60-46)28(4)39(50)26(2)23-45(7)42(59-44-40(51)36(48(9)10)21-27(3)57-44)29(5)41(30(6)43(52)58-37)55-24-33(25-56-45)47-61(53,54)34-19-17-32(18-20-34)31-15-13-12-14-16-31/h12-20,26-30,33,35-37,40-42,44,47,51H,11,21-25H2,1-10H3/t26-,27-,28-,29+,30-,33?,35+,36+,37-,40-,41+,42-,44+,45-,46+/m1/s1. The lowest BCUT2D eigenvalue weighted by Crippen LogP contribution is -2.60. The molecule has 4 aliphatic heterocycles. The van der Waals surface area contributed by atoms with Crippen molar-refractivity contribution in [2.45, 2.75) is 146 Å². The van der Waals surface area contributed by atoms with Gasteiger partial charge in [0.25, 0.3) is 0 Å². The predicted octanol–water partition coefficient (Wildman–Crippen LogP) is 5.15. The van der Waals surface area contributed by atoms with Crippen LogP contribution in [0.3, 0.4) is 0 Å². The van der Waals surface area contributed by atoms with Crippen LogP contribution in [0.5, 0.6) is 0 Å². The summed E-state index contributed by atoms with van der Waals surface area (Å²) in [4.78, 5) is 44.0. The number of fused-ring (bicyclic) bond motifs is 4. The molecule has 4 heterocycles. The molecule has 0 saturated carbocycles. The summed E-state index contributed by atoms with van der Waals surface area (Å²) in [7, 11) is -0.373. The van der Waals surface area contributed by atoms with E-state index in [0.717, 1.165) is 11.1 Å².